The van der Waals surface area contributed by atoms with Gasteiger partial charge in [0.2, 0.25) is 0 Å². The van der Waals surface area contributed by atoms with E-state index in [0.29, 0.717) is 0 Å². The molecule has 0 unspecified atom stereocenters. The van der Waals surface area contributed by atoms with Crippen molar-refractivity contribution in [2.45, 2.75) is 0 Å². The molecule has 0 spiro atoms. The van der Waals surface area contributed by atoms with Gasteiger partial charge in [-0.2, -0.15) is 0 Å². The van der Waals surface area contributed by atoms with E-state index in [1.807, 2.05) is 0 Å². The summed E-state index contributed by atoms with van der Waals surface area (Å²) in [4.78, 5) is 2.41. The number of fused-ring (bicyclic) bond motifs is 5. The number of hydrogen-bond donors (Lipinski definition) is 0. The van der Waals surface area contributed by atoms with Crippen molar-refractivity contribution in [2.24, 2.45) is 0 Å². The molecule has 0 heterocycles. The van der Waals surface area contributed by atoms with Gasteiger partial charge in [-0.25, -0.2) is 0 Å². The minimum absolute atomic E-state index is 1.11. The second-order valence-electron chi connectivity index (χ2n) is 13.7. The molecule has 10 aromatic carbocycles. The van der Waals surface area contributed by atoms with Crippen molar-refractivity contribution in [3.63, 3.8) is 0 Å². The largest absolute Gasteiger partial charge is 0.310 e. The van der Waals surface area contributed by atoms with Crippen LogP contribution in [0.4, 0.5) is 17.1 Å². The van der Waals surface area contributed by atoms with Crippen LogP contribution >= 0.6 is 0 Å². The van der Waals surface area contributed by atoms with E-state index in [-0.39, 0.29) is 0 Å². The minimum Gasteiger partial charge on any atom is -0.310 e. The molecule has 248 valence electrons. The molecule has 0 atom stereocenters. The fourth-order valence-electron chi connectivity index (χ4n) is 8.03. The van der Waals surface area contributed by atoms with Crippen LogP contribution in [0, 0.1) is 0 Å². The van der Waals surface area contributed by atoms with E-state index in [1.54, 1.807) is 0 Å². The molecule has 0 amide bonds. The van der Waals surface area contributed by atoms with Crippen molar-refractivity contribution in [3.8, 4) is 33.4 Å². The van der Waals surface area contributed by atoms with E-state index in [2.05, 4.69) is 217 Å². The molecule has 0 N–H and O–H groups in total. The van der Waals surface area contributed by atoms with Gasteiger partial charge in [0, 0.05) is 16.8 Å². The molecule has 10 aromatic rings. The molecule has 53 heavy (non-hydrogen) atoms. The minimum atomic E-state index is 1.11. The Kier molecular flexibility index (Phi) is 7.55. The van der Waals surface area contributed by atoms with Gasteiger partial charge in [-0.1, -0.05) is 176 Å². The summed E-state index contributed by atoms with van der Waals surface area (Å²) in [5, 5.41) is 9.98. The fourth-order valence-corrected chi connectivity index (χ4v) is 8.03. The van der Waals surface area contributed by atoms with Crippen LogP contribution in [0.3, 0.4) is 0 Å². The van der Waals surface area contributed by atoms with Gasteiger partial charge in [0.15, 0.2) is 0 Å². The monoisotopic (exact) mass is 673 g/mol. The third-order valence-corrected chi connectivity index (χ3v) is 10.6. The van der Waals surface area contributed by atoms with Gasteiger partial charge in [0.05, 0.1) is 5.69 Å². The van der Waals surface area contributed by atoms with Gasteiger partial charge in [-0.05, 0) is 107 Å². The predicted molar refractivity (Wildman–Crippen MR) is 227 cm³/mol. The lowest BCUT2D eigenvalue weighted by molar-refractivity contribution is 1.30. The first-order chi connectivity index (χ1) is 26.3. The number of hydrogen-bond acceptors (Lipinski definition) is 1. The standard InChI is InChI=1S/C52H35N/c1-2-12-36(13-3-1)38-24-28-43(29-25-38)53(52-35-41-16-6-7-17-45(41)50-20-10-11-21-51(50)52)44-30-26-39(27-31-44)46-32-33-47(49-19-9-8-18-48(46)49)42-23-22-37-14-4-5-15-40(37)34-42/h1-35H. The Balaban J connectivity index is 1.10. The highest BCUT2D eigenvalue weighted by Gasteiger charge is 2.18. The second-order valence-corrected chi connectivity index (χ2v) is 13.7. The summed E-state index contributed by atoms with van der Waals surface area (Å²) in [6.45, 7) is 0. The second kappa shape index (κ2) is 13.0. The van der Waals surface area contributed by atoms with E-state index < -0.39 is 0 Å². The van der Waals surface area contributed by atoms with Crippen molar-refractivity contribution < 1.29 is 0 Å². The van der Waals surface area contributed by atoms with Crippen LogP contribution in [0.2, 0.25) is 0 Å². The molecular formula is C52H35N. The smallest absolute Gasteiger partial charge is 0.0546 e. The summed E-state index contributed by atoms with van der Waals surface area (Å²) in [6, 6.07) is 77.2. The molecule has 0 fully saturated rings. The molecule has 0 saturated heterocycles. The molecule has 10 rings (SSSR count). The highest BCUT2D eigenvalue weighted by atomic mass is 15.1. The van der Waals surface area contributed by atoms with Gasteiger partial charge in [-0.3, -0.25) is 0 Å². The summed E-state index contributed by atoms with van der Waals surface area (Å²) in [5.41, 5.74) is 10.7. The van der Waals surface area contributed by atoms with E-state index in [4.69, 9.17) is 0 Å². The van der Waals surface area contributed by atoms with Crippen LogP contribution in [-0.4, -0.2) is 0 Å². The molecule has 0 aliphatic carbocycles. The molecule has 0 radical (unpaired) electrons. The Morgan fingerprint density at radius 1 is 0.245 bits per heavy atom. The fraction of sp³-hybridized carbons (Fsp3) is 0. The highest BCUT2D eigenvalue weighted by molar-refractivity contribution is 6.14. The Labute approximate surface area is 309 Å². The third kappa shape index (κ3) is 5.51. The van der Waals surface area contributed by atoms with Crippen molar-refractivity contribution in [1.82, 2.24) is 0 Å². The summed E-state index contributed by atoms with van der Waals surface area (Å²) < 4.78 is 0. The lowest BCUT2D eigenvalue weighted by Crippen LogP contribution is -2.10. The summed E-state index contributed by atoms with van der Waals surface area (Å²) in [6.07, 6.45) is 0. The van der Waals surface area contributed by atoms with Crippen molar-refractivity contribution in [2.75, 3.05) is 4.90 Å². The van der Waals surface area contributed by atoms with Crippen LogP contribution in [0.1, 0.15) is 0 Å². The van der Waals surface area contributed by atoms with E-state index in [0.717, 1.165) is 17.1 Å². The van der Waals surface area contributed by atoms with Crippen LogP contribution in [0.25, 0.3) is 76.5 Å². The molecular weight excluding hydrogens is 639 g/mol. The average Bonchev–Trinajstić information content (AvgIpc) is 3.24. The average molecular weight is 674 g/mol. The molecule has 1 heteroatoms. The first-order valence-electron chi connectivity index (χ1n) is 18.3. The number of benzene rings is 10. The zero-order valence-electron chi connectivity index (χ0n) is 29.2. The van der Waals surface area contributed by atoms with Gasteiger partial charge >= 0.3 is 0 Å². The van der Waals surface area contributed by atoms with Crippen LogP contribution in [-0.2, 0) is 0 Å². The lowest BCUT2D eigenvalue weighted by atomic mass is 9.91. The van der Waals surface area contributed by atoms with Gasteiger partial charge in [0.25, 0.3) is 0 Å². The van der Waals surface area contributed by atoms with E-state index >= 15 is 0 Å². The quantitative estimate of drug-likeness (QED) is 0.159. The third-order valence-electron chi connectivity index (χ3n) is 10.6. The zero-order chi connectivity index (χ0) is 35.1. The van der Waals surface area contributed by atoms with Crippen LogP contribution in [0.5, 0.6) is 0 Å². The van der Waals surface area contributed by atoms with E-state index in [1.165, 1.54) is 76.5 Å². The number of anilines is 3. The zero-order valence-corrected chi connectivity index (χ0v) is 29.2. The number of nitrogens with zero attached hydrogens (tertiary/aromatic N) is 1. The van der Waals surface area contributed by atoms with Crippen molar-refractivity contribution in [3.05, 3.63) is 212 Å². The number of rotatable bonds is 6. The summed E-state index contributed by atoms with van der Waals surface area (Å²) in [5.74, 6) is 0. The molecule has 0 bridgehead atoms. The summed E-state index contributed by atoms with van der Waals surface area (Å²) >= 11 is 0. The molecule has 0 aromatic heterocycles. The first kappa shape index (κ1) is 30.8. The van der Waals surface area contributed by atoms with Crippen LogP contribution < -0.4 is 4.90 Å². The predicted octanol–water partition coefficient (Wildman–Crippen LogP) is 14.8. The Morgan fingerprint density at radius 3 is 1.40 bits per heavy atom. The molecule has 0 aliphatic rings. The lowest BCUT2D eigenvalue weighted by Gasteiger charge is -2.28. The SMILES string of the molecule is c1ccc(-c2ccc(N(c3ccc(-c4ccc(-c5ccc6ccccc6c5)c5ccccc45)cc3)c3cc4ccccc4c4ccccc34)cc2)cc1. The maximum absolute atomic E-state index is 2.41. The van der Waals surface area contributed by atoms with E-state index in [9.17, 15) is 0 Å². The van der Waals surface area contributed by atoms with Gasteiger partial charge in [0.1, 0.15) is 0 Å². The Morgan fingerprint density at radius 2 is 0.717 bits per heavy atom. The Hall–Kier alpha value is -6.96. The first-order valence-corrected chi connectivity index (χ1v) is 18.3. The van der Waals surface area contributed by atoms with Crippen molar-refractivity contribution >= 4 is 60.2 Å². The van der Waals surface area contributed by atoms with Crippen LogP contribution in [0.15, 0.2) is 212 Å². The Bertz CT molecular complexity index is 2920. The normalized spacial score (nSPS) is 11.4. The maximum atomic E-state index is 2.41. The molecule has 0 saturated carbocycles. The van der Waals surface area contributed by atoms with Gasteiger partial charge < -0.3 is 4.90 Å². The molecule has 0 aliphatic heterocycles. The molecule has 1 nitrogen and oxygen atoms in total. The van der Waals surface area contributed by atoms with Crippen molar-refractivity contribution in [1.29, 1.82) is 0 Å². The topological polar surface area (TPSA) is 3.24 Å². The highest BCUT2D eigenvalue weighted by Crippen LogP contribution is 2.43. The maximum Gasteiger partial charge on any atom is 0.0546 e. The summed E-state index contributed by atoms with van der Waals surface area (Å²) in [7, 11) is 0. The van der Waals surface area contributed by atoms with Gasteiger partial charge in [-0.15, -0.1) is 0 Å².